The van der Waals surface area contributed by atoms with Crippen molar-refractivity contribution in [1.29, 1.82) is 0 Å². The maximum atomic E-state index is 11.9. The first-order valence-electron chi connectivity index (χ1n) is 10.0. The highest BCUT2D eigenvalue weighted by Gasteiger charge is 2.26. The third kappa shape index (κ3) is 5.57. The molecule has 1 saturated carbocycles. The number of hydrogen-bond acceptors (Lipinski definition) is 3. The lowest BCUT2D eigenvalue weighted by Gasteiger charge is -2.18. The number of carbonyl (C=O) groups is 1. The van der Waals surface area contributed by atoms with Gasteiger partial charge in [0, 0.05) is 23.2 Å². The van der Waals surface area contributed by atoms with Gasteiger partial charge in [0.05, 0.1) is 6.61 Å². The number of hydrogen-bond donors (Lipinski definition) is 3. The van der Waals surface area contributed by atoms with Crippen LogP contribution in [0.4, 0.5) is 0 Å². The van der Waals surface area contributed by atoms with E-state index in [1.165, 1.54) is 30.4 Å². The number of nitrogens with one attached hydrogen (secondary N) is 2. The van der Waals surface area contributed by atoms with Gasteiger partial charge >= 0.3 is 0 Å². The van der Waals surface area contributed by atoms with Gasteiger partial charge in [-0.2, -0.15) is 0 Å². The van der Waals surface area contributed by atoms with Crippen molar-refractivity contribution in [1.82, 2.24) is 10.6 Å². The second-order valence-electron chi connectivity index (χ2n) is 7.66. The van der Waals surface area contributed by atoms with E-state index in [2.05, 4.69) is 35.8 Å². The van der Waals surface area contributed by atoms with Gasteiger partial charge in [-0.25, -0.2) is 0 Å². The van der Waals surface area contributed by atoms with Crippen LogP contribution in [0.3, 0.4) is 0 Å². The van der Waals surface area contributed by atoms with E-state index in [-0.39, 0.29) is 25.1 Å². The van der Waals surface area contributed by atoms with Crippen LogP contribution in [-0.4, -0.2) is 30.7 Å². The molecule has 1 aliphatic carbocycles. The van der Waals surface area contributed by atoms with Crippen molar-refractivity contribution in [2.24, 2.45) is 5.92 Å². The Morgan fingerprint density at radius 2 is 2.00 bits per heavy atom. The zero-order valence-electron chi connectivity index (χ0n) is 16.3. The summed E-state index contributed by atoms with van der Waals surface area (Å²) < 4.78 is 0. The van der Waals surface area contributed by atoms with E-state index in [0.29, 0.717) is 17.4 Å². The largest absolute Gasteiger partial charge is 0.395 e. The van der Waals surface area contributed by atoms with E-state index in [1.807, 2.05) is 30.3 Å². The van der Waals surface area contributed by atoms with Crippen molar-refractivity contribution in [3.8, 4) is 0 Å². The standard InChI is InChI=1S/C23H29ClN2O2/c1-16(20-3-2-4-22(24)14-20)26-15-17-5-6-21(13-17)18-7-9-19(10-8-18)23(28)25-11-12-27/h2-4,7-10,14,16-17,21,26-27H,5-6,11-13,15H2,1H3,(H,25,28). The van der Waals surface area contributed by atoms with E-state index in [0.717, 1.165) is 11.6 Å². The topological polar surface area (TPSA) is 61.4 Å². The number of halogens is 1. The summed E-state index contributed by atoms with van der Waals surface area (Å²) in [5, 5.41) is 15.9. The monoisotopic (exact) mass is 400 g/mol. The molecule has 1 aliphatic rings. The number of aliphatic hydroxyl groups is 1. The van der Waals surface area contributed by atoms with Crippen LogP contribution >= 0.6 is 11.6 Å². The summed E-state index contributed by atoms with van der Waals surface area (Å²) in [6, 6.07) is 16.2. The van der Waals surface area contributed by atoms with Crippen LogP contribution in [0, 0.1) is 5.92 Å². The van der Waals surface area contributed by atoms with Crippen molar-refractivity contribution in [2.75, 3.05) is 19.7 Å². The lowest BCUT2D eigenvalue weighted by Crippen LogP contribution is -2.26. The summed E-state index contributed by atoms with van der Waals surface area (Å²) >= 11 is 6.09. The van der Waals surface area contributed by atoms with Gasteiger partial charge in [0.25, 0.3) is 5.91 Å². The molecule has 1 amide bonds. The fourth-order valence-corrected chi connectivity index (χ4v) is 4.18. The fraction of sp³-hybridized carbons (Fsp3) is 0.435. The molecule has 3 atom stereocenters. The first-order valence-corrected chi connectivity index (χ1v) is 10.4. The quantitative estimate of drug-likeness (QED) is 0.619. The molecule has 150 valence electrons. The molecule has 4 nitrogen and oxygen atoms in total. The van der Waals surface area contributed by atoms with Gasteiger partial charge in [-0.05, 0) is 80.0 Å². The highest BCUT2D eigenvalue weighted by Crippen LogP contribution is 2.38. The molecule has 2 aromatic rings. The van der Waals surface area contributed by atoms with Crippen LogP contribution in [0.5, 0.6) is 0 Å². The van der Waals surface area contributed by atoms with Gasteiger partial charge in [0.15, 0.2) is 0 Å². The normalized spacial score (nSPS) is 20.1. The predicted octanol–water partition coefficient (Wildman–Crippen LogP) is 4.30. The van der Waals surface area contributed by atoms with Crippen LogP contribution in [0.2, 0.25) is 5.02 Å². The lowest BCUT2D eigenvalue weighted by molar-refractivity contribution is 0.0944. The number of aliphatic hydroxyl groups excluding tert-OH is 1. The number of benzene rings is 2. The number of carbonyl (C=O) groups excluding carboxylic acids is 1. The summed E-state index contributed by atoms with van der Waals surface area (Å²) in [6.07, 6.45) is 3.58. The maximum Gasteiger partial charge on any atom is 0.251 e. The van der Waals surface area contributed by atoms with E-state index >= 15 is 0 Å². The molecule has 0 aliphatic heterocycles. The van der Waals surface area contributed by atoms with Crippen molar-refractivity contribution in [2.45, 2.75) is 38.1 Å². The van der Waals surface area contributed by atoms with Gasteiger partial charge in [-0.1, -0.05) is 35.9 Å². The Hall–Kier alpha value is -1.88. The van der Waals surface area contributed by atoms with Crippen LogP contribution in [-0.2, 0) is 0 Å². The minimum atomic E-state index is -0.135. The summed E-state index contributed by atoms with van der Waals surface area (Å²) in [5.41, 5.74) is 3.17. The van der Waals surface area contributed by atoms with E-state index in [4.69, 9.17) is 16.7 Å². The summed E-state index contributed by atoms with van der Waals surface area (Å²) in [4.78, 5) is 11.9. The van der Waals surface area contributed by atoms with Crippen molar-refractivity contribution in [3.63, 3.8) is 0 Å². The first-order chi connectivity index (χ1) is 13.6. The van der Waals surface area contributed by atoms with Crippen molar-refractivity contribution in [3.05, 3.63) is 70.2 Å². The Bertz CT molecular complexity index is 778. The highest BCUT2D eigenvalue weighted by molar-refractivity contribution is 6.30. The summed E-state index contributed by atoms with van der Waals surface area (Å²) in [5.74, 6) is 1.09. The molecular weight excluding hydrogens is 372 g/mol. The Morgan fingerprint density at radius 1 is 1.21 bits per heavy atom. The maximum absolute atomic E-state index is 11.9. The molecule has 0 aromatic heterocycles. The molecule has 28 heavy (non-hydrogen) atoms. The summed E-state index contributed by atoms with van der Waals surface area (Å²) in [6.45, 7) is 3.42. The fourth-order valence-electron chi connectivity index (χ4n) is 3.98. The lowest BCUT2D eigenvalue weighted by atomic mass is 9.95. The third-order valence-corrected chi connectivity index (χ3v) is 5.88. The number of amides is 1. The third-order valence-electron chi connectivity index (χ3n) is 5.64. The molecule has 3 rings (SSSR count). The Labute approximate surface area is 172 Å². The van der Waals surface area contributed by atoms with Gasteiger partial charge in [-0.3, -0.25) is 4.79 Å². The van der Waals surface area contributed by atoms with Gasteiger partial charge in [0.2, 0.25) is 0 Å². The average Bonchev–Trinajstić information content (AvgIpc) is 3.19. The molecule has 5 heteroatoms. The zero-order valence-corrected chi connectivity index (χ0v) is 17.1. The van der Waals surface area contributed by atoms with Gasteiger partial charge < -0.3 is 15.7 Å². The minimum absolute atomic E-state index is 0.0444. The summed E-state index contributed by atoms with van der Waals surface area (Å²) in [7, 11) is 0. The Morgan fingerprint density at radius 3 is 2.71 bits per heavy atom. The smallest absolute Gasteiger partial charge is 0.251 e. The zero-order chi connectivity index (χ0) is 19.9. The molecule has 0 radical (unpaired) electrons. The number of rotatable bonds is 8. The Balaban J connectivity index is 1.49. The molecule has 3 N–H and O–H groups in total. The van der Waals surface area contributed by atoms with Crippen LogP contribution in [0.25, 0.3) is 0 Å². The second kappa shape index (κ2) is 10.1. The SMILES string of the molecule is CC(NCC1CCC(c2ccc(C(=O)NCCO)cc2)C1)c1cccc(Cl)c1. The molecule has 0 saturated heterocycles. The molecule has 0 bridgehead atoms. The second-order valence-corrected chi connectivity index (χ2v) is 8.10. The molecule has 3 unspecified atom stereocenters. The van der Waals surface area contributed by atoms with Crippen LogP contribution < -0.4 is 10.6 Å². The van der Waals surface area contributed by atoms with Gasteiger partial charge in [-0.15, -0.1) is 0 Å². The Kier molecular flexibility index (Phi) is 7.49. The highest BCUT2D eigenvalue weighted by atomic mass is 35.5. The molecule has 1 fully saturated rings. The van der Waals surface area contributed by atoms with E-state index < -0.39 is 0 Å². The van der Waals surface area contributed by atoms with Gasteiger partial charge in [0.1, 0.15) is 0 Å². The first kappa shape index (κ1) is 20.8. The molecule has 0 heterocycles. The van der Waals surface area contributed by atoms with Crippen LogP contribution in [0.15, 0.2) is 48.5 Å². The van der Waals surface area contributed by atoms with Crippen molar-refractivity contribution < 1.29 is 9.90 Å². The molecular formula is C23H29ClN2O2. The average molecular weight is 401 g/mol. The van der Waals surface area contributed by atoms with Crippen molar-refractivity contribution >= 4 is 17.5 Å². The van der Waals surface area contributed by atoms with E-state index in [1.54, 1.807) is 0 Å². The van der Waals surface area contributed by atoms with E-state index in [9.17, 15) is 4.79 Å². The minimum Gasteiger partial charge on any atom is -0.395 e. The molecule has 0 spiro atoms. The predicted molar refractivity (Wildman–Crippen MR) is 114 cm³/mol. The van der Waals surface area contributed by atoms with Crippen LogP contribution in [0.1, 0.15) is 59.6 Å². The molecule has 2 aromatic carbocycles.